The van der Waals surface area contributed by atoms with E-state index in [0.29, 0.717) is 18.8 Å². The number of nitrogens with one attached hydrogen (secondary N) is 1. The van der Waals surface area contributed by atoms with Crippen molar-refractivity contribution in [3.8, 4) is 11.5 Å². The topological polar surface area (TPSA) is 85.8 Å². The summed E-state index contributed by atoms with van der Waals surface area (Å²) in [6.45, 7) is 1.02. The second-order valence-corrected chi connectivity index (χ2v) is 6.63. The predicted octanol–water partition coefficient (Wildman–Crippen LogP) is 2.25. The van der Waals surface area contributed by atoms with Gasteiger partial charge in [0.25, 0.3) is 0 Å². The number of hydrogen-bond acceptors (Lipinski definition) is 7. The molecule has 30 heavy (non-hydrogen) atoms. The molecule has 0 aliphatic carbocycles. The van der Waals surface area contributed by atoms with Crippen LogP contribution in [0.2, 0.25) is 0 Å². The van der Waals surface area contributed by atoms with Gasteiger partial charge >= 0.3 is 6.18 Å². The number of methoxy groups -OCH3 is 2. The van der Waals surface area contributed by atoms with Crippen molar-refractivity contribution in [2.24, 2.45) is 0 Å². The molecule has 0 saturated carbocycles. The van der Waals surface area contributed by atoms with Gasteiger partial charge < -0.3 is 24.4 Å². The number of nitrogens with zero attached hydrogens (tertiary/aromatic N) is 3. The first-order valence-electron chi connectivity index (χ1n) is 9.03. The van der Waals surface area contributed by atoms with Crippen LogP contribution in [0, 0.1) is 0 Å². The van der Waals surface area contributed by atoms with Gasteiger partial charge in [-0.25, -0.2) is 9.97 Å². The van der Waals surface area contributed by atoms with Crippen LogP contribution in [0.15, 0.2) is 36.7 Å². The lowest BCUT2D eigenvalue weighted by Gasteiger charge is -2.19. The zero-order chi connectivity index (χ0) is 21.7. The van der Waals surface area contributed by atoms with Crippen molar-refractivity contribution in [2.45, 2.75) is 18.3 Å². The Labute approximate surface area is 171 Å². The number of benzene rings is 1. The van der Waals surface area contributed by atoms with E-state index < -0.39 is 12.0 Å². The quantitative estimate of drug-likeness (QED) is 0.727. The molecule has 8 nitrogen and oxygen atoms in total. The maximum absolute atomic E-state index is 12.6. The molecule has 162 valence electrons. The van der Waals surface area contributed by atoms with Crippen molar-refractivity contribution in [1.29, 1.82) is 0 Å². The Hall–Kier alpha value is -2.92. The Bertz CT molecular complexity index is 864. The SMILES string of the molecule is COCC(=O)N[C@@H]1CN(c2cccc(Oc3cnc(C(F)(F)F)nc3)c2)C[C@@H]1OC. The van der Waals surface area contributed by atoms with Gasteiger partial charge in [0.2, 0.25) is 11.7 Å². The number of alkyl halides is 3. The van der Waals surface area contributed by atoms with Crippen LogP contribution in [-0.2, 0) is 20.4 Å². The van der Waals surface area contributed by atoms with Crippen LogP contribution in [0.5, 0.6) is 11.5 Å². The van der Waals surface area contributed by atoms with Crippen LogP contribution < -0.4 is 15.0 Å². The summed E-state index contributed by atoms with van der Waals surface area (Å²) in [6.07, 6.45) is -2.87. The molecule has 0 bridgehead atoms. The zero-order valence-electron chi connectivity index (χ0n) is 16.3. The van der Waals surface area contributed by atoms with Crippen molar-refractivity contribution in [2.75, 3.05) is 38.8 Å². The summed E-state index contributed by atoms with van der Waals surface area (Å²) in [5, 5.41) is 2.88. The van der Waals surface area contributed by atoms with E-state index in [1.165, 1.54) is 7.11 Å². The summed E-state index contributed by atoms with van der Waals surface area (Å²) in [5.41, 5.74) is 0.811. The molecule has 2 atom stereocenters. The van der Waals surface area contributed by atoms with Crippen LogP contribution in [0.1, 0.15) is 5.82 Å². The largest absolute Gasteiger partial charge is 0.454 e. The second-order valence-electron chi connectivity index (χ2n) is 6.63. The number of amides is 1. The van der Waals surface area contributed by atoms with Gasteiger partial charge in [-0.15, -0.1) is 0 Å². The molecule has 2 aromatic rings. The minimum atomic E-state index is -4.61. The zero-order valence-corrected chi connectivity index (χ0v) is 16.3. The van der Waals surface area contributed by atoms with Gasteiger partial charge in [-0.05, 0) is 12.1 Å². The van der Waals surface area contributed by atoms with E-state index in [4.69, 9.17) is 14.2 Å². The molecule has 1 aromatic carbocycles. The molecule has 1 saturated heterocycles. The highest BCUT2D eigenvalue weighted by atomic mass is 19.4. The Morgan fingerprint density at radius 2 is 1.93 bits per heavy atom. The van der Waals surface area contributed by atoms with E-state index in [2.05, 4.69) is 15.3 Å². The van der Waals surface area contributed by atoms with Gasteiger partial charge in [-0.1, -0.05) is 6.07 Å². The normalized spacial score (nSPS) is 19.0. The Balaban J connectivity index is 1.68. The van der Waals surface area contributed by atoms with Gasteiger partial charge in [0, 0.05) is 39.1 Å². The summed E-state index contributed by atoms with van der Waals surface area (Å²) in [7, 11) is 3.02. The Kier molecular flexibility index (Phi) is 6.73. The molecule has 1 N–H and O–H groups in total. The van der Waals surface area contributed by atoms with Crippen molar-refractivity contribution in [3.05, 3.63) is 42.5 Å². The first kappa shape index (κ1) is 21.8. The molecule has 2 heterocycles. The molecule has 1 fully saturated rings. The monoisotopic (exact) mass is 426 g/mol. The van der Waals surface area contributed by atoms with E-state index in [9.17, 15) is 18.0 Å². The van der Waals surface area contributed by atoms with E-state index in [1.54, 1.807) is 25.3 Å². The third-order valence-corrected chi connectivity index (χ3v) is 4.49. The summed E-state index contributed by atoms with van der Waals surface area (Å²) in [4.78, 5) is 20.4. The predicted molar refractivity (Wildman–Crippen MR) is 100 cm³/mol. The Morgan fingerprint density at radius 1 is 1.20 bits per heavy atom. The average molecular weight is 426 g/mol. The van der Waals surface area contributed by atoms with Gasteiger partial charge in [0.1, 0.15) is 12.4 Å². The third kappa shape index (κ3) is 5.36. The maximum atomic E-state index is 12.6. The molecule has 3 rings (SSSR count). The average Bonchev–Trinajstić information content (AvgIpc) is 3.11. The second kappa shape index (κ2) is 9.26. The third-order valence-electron chi connectivity index (χ3n) is 4.49. The standard InChI is InChI=1S/C19H21F3N4O4/c1-28-11-17(27)25-15-9-26(10-16(15)29-2)12-4-3-5-13(6-12)30-14-7-23-18(24-8-14)19(20,21)22/h3-8,15-16H,9-11H2,1-2H3,(H,25,27)/t15-,16+/m1/s1. The number of aromatic nitrogens is 2. The molecule has 0 spiro atoms. The Morgan fingerprint density at radius 3 is 2.57 bits per heavy atom. The van der Waals surface area contributed by atoms with Gasteiger partial charge in [-0.3, -0.25) is 4.79 Å². The number of carbonyl (C=O) groups is 1. The summed E-state index contributed by atoms with van der Waals surface area (Å²) in [5.74, 6) is -0.962. The van der Waals surface area contributed by atoms with Gasteiger partial charge in [0.05, 0.1) is 24.5 Å². The number of hydrogen-bond donors (Lipinski definition) is 1. The summed E-state index contributed by atoms with van der Waals surface area (Å²) >= 11 is 0. The molecule has 1 aliphatic heterocycles. The number of halogens is 3. The lowest BCUT2D eigenvalue weighted by Crippen LogP contribution is -2.44. The summed E-state index contributed by atoms with van der Waals surface area (Å²) in [6, 6.07) is 6.81. The van der Waals surface area contributed by atoms with Crippen molar-refractivity contribution in [1.82, 2.24) is 15.3 Å². The fourth-order valence-electron chi connectivity index (χ4n) is 3.14. The number of carbonyl (C=O) groups excluding carboxylic acids is 1. The van der Waals surface area contributed by atoms with E-state index in [0.717, 1.165) is 18.1 Å². The van der Waals surface area contributed by atoms with E-state index >= 15 is 0 Å². The maximum Gasteiger partial charge on any atom is 0.451 e. The molecular formula is C19H21F3N4O4. The van der Waals surface area contributed by atoms with Crippen molar-refractivity contribution < 1.29 is 32.2 Å². The van der Waals surface area contributed by atoms with Crippen LogP contribution in [0.4, 0.5) is 18.9 Å². The van der Waals surface area contributed by atoms with Crippen LogP contribution in [0.25, 0.3) is 0 Å². The van der Waals surface area contributed by atoms with E-state index in [1.807, 2.05) is 11.0 Å². The minimum Gasteiger partial charge on any atom is -0.454 e. The molecule has 1 amide bonds. The highest BCUT2D eigenvalue weighted by molar-refractivity contribution is 5.77. The number of anilines is 1. The lowest BCUT2D eigenvalue weighted by molar-refractivity contribution is -0.145. The first-order valence-corrected chi connectivity index (χ1v) is 9.03. The van der Waals surface area contributed by atoms with Crippen LogP contribution >= 0.6 is 0 Å². The van der Waals surface area contributed by atoms with Crippen LogP contribution in [-0.4, -0.2) is 61.9 Å². The fraction of sp³-hybridized carbons (Fsp3) is 0.421. The fourth-order valence-corrected chi connectivity index (χ4v) is 3.14. The number of ether oxygens (including phenoxy) is 3. The minimum absolute atomic E-state index is 0.0363. The molecule has 0 unspecified atom stereocenters. The molecule has 0 radical (unpaired) electrons. The highest BCUT2D eigenvalue weighted by Crippen LogP contribution is 2.30. The molecular weight excluding hydrogens is 405 g/mol. The number of rotatable bonds is 7. The first-order chi connectivity index (χ1) is 14.3. The van der Waals surface area contributed by atoms with Gasteiger partial charge in [0.15, 0.2) is 5.75 Å². The summed E-state index contributed by atoms with van der Waals surface area (Å²) < 4.78 is 53.6. The van der Waals surface area contributed by atoms with Crippen molar-refractivity contribution >= 4 is 11.6 Å². The van der Waals surface area contributed by atoms with Crippen LogP contribution in [0.3, 0.4) is 0 Å². The van der Waals surface area contributed by atoms with Crippen molar-refractivity contribution in [3.63, 3.8) is 0 Å². The van der Waals surface area contributed by atoms with E-state index in [-0.39, 0.29) is 30.4 Å². The highest BCUT2D eigenvalue weighted by Gasteiger charge is 2.35. The van der Waals surface area contributed by atoms with Gasteiger partial charge in [-0.2, -0.15) is 13.2 Å². The molecule has 1 aromatic heterocycles. The lowest BCUT2D eigenvalue weighted by atomic mass is 10.2. The molecule has 1 aliphatic rings. The molecule has 11 heteroatoms. The smallest absolute Gasteiger partial charge is 0.451 e.